The number of benzene rings is 3. The first-order valence-electron chi connectivity index (χ1n) is 8.07. The molecule has 126 valence electrons. The Kier molecular flexibility index (Phi) is 4.29. The average molecular weight is 358 g/mol. The maximum atomic E-state index is 11.4. The van der Waals surface area contributed by atoms with Gasteiger partial charge in [-0.1, -0.05) is 78.4 Å². The van der Waals surface area contributed by atoms with Crippen LogP contribution in [0.5, 0.6) is 0 Å². The van der Waals surface area contributed by atoms with E-state index < -0.39 is 0 Å². The van der Waals surface area contributed by atoms with Gasteiger partial charge >= 0.3 is 5.69 Å². The fourth-order valence-electron chi connectivity index (χ4n) is 2.80. The third kappa shape index (κ3) is 3.00. The van der Waals surface area contributed by atoms with Gasteiger partial charge in [0.05, 0.1) is 16.5 Å². The average Bonchev–Trinajstić information content (AvgIpc) is 3.15. The molecule has 0 saturated carbocycles. The monoisotopic (exact) mass is 358 g/mol. The van der Waals surface area contributed by atoms with Crippen molar-refractivity contribution in [3.05, 3.63) is 101 Å². The van der Waals surface area contributed by atoms with Crippen LogP contribution in [0.1, 0.15) is 0 Å². The summed E-state index contributed by atoms with van der Waals surface area (Å²) in [7, 11) is 0. The maximum Gasteiger partial charge on any atom is 0.301 e. The van der Waals surface area contributed by atoms with Gasteiger partial charge in [0, 0.05) is 10.9 Å². The van der Waals surface area contributed by atoms with Gasteiger partial charge in [0.25, 0.3) is 0 Å². The number of nitro groups is 1. The highest BCUT2D eigenvalue weighted by Crippen LogP contribution is 2.35. The van der Waals surface area contributed by atoms with E-state index in [4.69, 9.17) is 0 Å². The number of para-hydroxylation sites is 2. The first kappa shape index (κ1) is 16.2. The molecule has 1 aromatic heterocycles. The SMILES string of the molecule is O=[N+]([O-])c1ccccc1-[n+]1[c-]c(-c2ccccc2)c(-c2ccccc2)s1. The third-order valence-electron chi connectivity index (χ3n) is 4.02. The molecular formula is C21H14N2O2S. The smallest absolute Gasteiger partial charge is 0.259 e. The van der Waals surface area contributed by atoms with Crippen LogP contribution in [0.15, 0.2) is 84.9 Å². The third-order valence-corrected chi connectivity index (χ3v) is 5.11. The number of nitrogens with zero attached hydrogens (tertiary/aromatic N) is 2. The summed E-state index contributed by atoms with van der Waals surface area (Å²) in [6, 6.07) is 26.7. The Labute approximate surface area is 154 Å². The molecule has 0 unspecified atom stereocenters. The molecule has 0 radical (unpaired) electrons. The van der Waals surface area contributed by atoms with Crippen LogP contribution in [0, 0.1) is 16.3 Å². The summed E-state index contributed by atoms with van der Waals surface area (Å²) in [5, 5.41) is 11.4. The van der Waals surface area contributed by atoms with Gasteiger partial charge in [-0.05, 0) is 17.2 Å². The predicted octanol–water partition coefficient (Wildman–Crippen LogP) is 5.07. The molecule has 5 heteroatoms. The fraction of sp³-hybridized carbons (Fsp3) is 0. The van der Waals surface area contributed by atoms with Crippen LogP contribution in [0.2, 0.25) is 0 Å². The molecule has 0 aliphatic carbocycles. The van der Waals surface area contributed by atoms with Gasteiger partial charge in [0.2, 0.25) is 5.69 Å². The van der Waals surface area contributed by atoms with Crippen LogP contribution in [0.3, 0.4) is 0 Å². The molecule has 0 N–H and O–H groups in total. The Bertz CT molecular complexity index is 1000. The van der Waals surface area contributed by atoms with E-state index in [1.54, 1.807) is 22.2 Å². The van der Waals surface area contributed by atoms with Crippen molar-refractivity contribution in [1.82, 2.24) is 0 Å². The van der Waals surface area contributed by atoms with Gasteiger partial charge in [-0.3, -0.25) is 10.1 Å². The van der Waals surface area contributed by atoms with Gasteiger partial charge < -0.3 is 0 Å². The van der Waals surface area contributed by atoms with Gasteiger partial charge in [-0.25, -0.2) is 0 Å². The number of rotatable bonds is 4. The van der Waals surface area contributed by atoms with Crippen molar-refractivity contribution in [3.63, 3.8) is 0 Å². The van der Waals surface area contributed by atoms with Gasteiger partial charge in [0.15, 0.2) is 6.20 Å². The minimum Gasteiger partial charge on any atom is -0.259 e. The second kappa shape index (κ2) is 6.90. The second-order valence-corrected chi connectivity index (χ2v) is 6.64. The number of nitro benzene ring substituents is 1. The Morgan fingerprint density at radius 1 is 0.808 bits per heavy atom. The molecule has 4 nitrogen and oxygen atoms in total. The largest absolute Gasteiger partial charge is 0.301 e. The Morgan fingerprint density at radius 2 is 1.38 bits per heavy atom. The summed E-state index contributed by atoms with van der Waals surface area (Å²) in [6.07, 6.45) is 3.34. The van der Waals surface area contributed by atoms with Crippen LogP contribution in [0.4, 0.5) is 5.69 Å². The molecule has 0 aliphatic heterocycles. The van der Waals surface area contributed by atoms with Gasteiger partial charge in [-0.15, -0.1) is 0 Å². The second-order valence-electron chi connectivity index (χ2n) is 5.68. The Hall–Kier alpha value is -3.31. The molecule has 4 aromatic rings. The van der Waals surface area contributed by atoms with E-state index in [0.29, 0.717) is 5.69 Å². The van der Waals surface area contributed by atoms with Crippen LogP contribution in [0.25, 0.3) is 27.3 Å². The normalized spacial score (nSPS) is 10.6. The van der Waals surface area contributed by atoms with Crippen molar-refractivity contribution < 1.29 is 8.88 Å². The molecule has 3 aromatic carbocycles. The quantitative estimate of drug-likeness (QED) is 0.221. The van der Waals surface area contributed by atoms with Crippen molar-refractivity contribution in [2.75, 3.05) is 0 Å². The molecule has 0 saturated heterocycles. The summed E-state index contributed by atoms with van der Waals surface area (Å²) in [5.74, 6) is 0. The van der Waals surface area contributed by atoms with Crippen molar-refractivity contribution in [3.8, 4) is 27.3 Å². The van der Waals surface area contributed by atoms with Crippen molar-refractivity contribution in [2.24, 2.45) is 0 Å². The van der Waals surface area contributed by atoms with E-state index in [0.717, 1.165) is 21.6 Å². The van der Waals surface area contributed by atoms with E-state index in [-0.39, 0.29) is 10.6 Å². The van der Waals surface area contributed by atoms with Gasteiger partial charge in [-0.2, -0.15) is 3.96 Å². The summed E-state index contributed by atoms with van der Waals surface area (Å²) in [4.78, 5) is 12.1. The highest BCUT2D eigenvalue weighted by molar-refractivity contribution is 7.06. The lowest BCUT2D eigenvalue weighted by atomic mass is 10.0. The first-order chi connectivity index (χ1) is 12.7. The molecule has 0 atom stereocenters. The van der Waals surface area contributed by atoms with E-state index in [1.807, 2.05) is 60.7 Å². The summed E-state index contributed by atoms with van der Waals surface area (Å²) in [6.45, 7) is 0. The van der Waals surface area contributed by atoms with E-state index in [2.05, 4.69) is 6.20 Å². The van der Waals surface area contributed by atoms with Crippen LogP contribution < -0.4 is 3.96 Å². The summed E-state index contributed by atoms with van der Waals surface area (Å²) in [5.41, 5.74) is 3.60. The zero-order valence-electron chi connectivity index (χ0n) is 13.7. The molecule has 26 heavy (non-hydrogen) atoms. The summed E-state index contributed by atoms with van der Waals surface area (Å²) < 4.78 is 1.75. The minimum atomic E-state index is -0.361. The van der Waals surface area contributed by atoms with E-state index in [1.165, 1.54) is 17.6 Å². The highest BCUT2D eigenvalue weighted by Gasteiger charge is 2.21. The lowest BCUT2D eigenvalue weighted by molar-refractivity contribution is -0.532. The number of aromatic nitrogens is 1. The highest BCUT2D eigenvalue weighted by atomic mass is 32.1. The topological polar surface area (TPSA) is 47.0 Å². The summed E-state index contributed by atoms with van der Waals surface area (Å²) >= 11 is 1.45. The Balaban J connectivity index is 1.94. The molecular weight excluding hydrogens is 344 g/mol. The Morgan fingerprint density at radius 3 is 2.04 bits per heavy atom. The van der Waals surface area contributed by atoms with Gasteiger partial charge in [0.1, 0.15) is 0 Å². The van der Waals surface area contributed by atoms with Crippen molar-refractivity contribution >= 4 is 17.2 Å². The fourth-order valence-corrected chi connectivity index (χ4v) is 3.87. The molecule has 0 spiro atoms. The van der Waals surface area contributed by atoms with Crippen molar-refractivity contribution in [2.45, 2.75) is 0 Å². The first-order valence-corrected chi connectivity index (χ1v) is 8.84. The van der Waals surface area contributed by atoms with E-state index in [9.17, 15) is 10.1 Å². The zero-order chi connectivity index (χ0) is 17.9. The molecule has 4 rings (SSSR count). The van der Waals surface area contributed by atoms with Crippen LogP contribution in [-0.4, -0.2) is 4.92 Å². The molecule has 0 aliphatic rings. The number of hydrogen-bond donors (Lipinski definition) is 0. The minimum absolute atomic E-state index is 0.0641. The lowest BCUT2D eigenvalue weighted by Crippen LogP contribution is -2.25. The van der Waals surface area contributed by atoms with E-state index >= 15 is 0 Å². The standard InChI is InChI=1S/C21H14N2O2S/c24-23(25)20-14-8-7-13-19(20)22-15-18(16-9-3-1-4-10-16)21(26-22)17-11-5-2-6-12-17/h1-14H. The molecule has 0 bridgehead atoms. The lowest BCUT2D eigenvalue weighted by Gasteiger charge is -2.06. The van der Waals surface area contributed by atoms with Crippen LogP contribution in [-0.2, 0) is 0 Å². The molecule has 1 heterocycles. The molecule has 0 amide bonds. The van der Waals surface area contributed by atoms with Crippen LogP contribution >= 0.6 is 11.5 Å². The predicted molar refractivity (Wildman–Crippen MR) is 102 cm³/mol. The van der Waals surface area contributed by atoms with Crippen molar-refractivity contribution in [1.29, 1.82) is 0 Å². The zero-order valence-corrected chi connectivity index (χ0v) is 14.5. The maximum absolute atomic E-state index is 11.4. The number of hydrogen-bond acceptors (Lipinski definition) is 3. The molecule has 0 fully saturated rings.